The van der Waals surface area contributed by atoms with Gasteiger partial charge in [-0.25, -0.2) is 0 Å². The summed E-state index contributed by atoms with van der Waals surface area (Å²) in [6.45, 7) is 7.78. The van der Waals surface area contributed by atoms with E-state index >= 15 is 0 Å². The number of guanidine groups is 1. The highest BCUT2D eigenvalue weighted by Gasteiger charge is 2.28. The van der Waals surface area contributed by atoms with Crippen LogP contribution in [0.1, 0.15) is 44.1 Å². The topological polar surface area (TPSA) is 48.7 Å². The first-order valence-electron chi connectivity index (χ1n) is 9.39. The Hall–Kier alpha value is -1.56. The van der Waals surface area contributed by atoms with Crippen molar-refractivity contribution in [2.75, 3.05) is 39.8 Å². The van der Waals surface area contributed by atoms with Crippen molar-refractivity contribution in [2.24, 2.45) is 12.0 Å². The first-order valence-corrected chi connectivity index (χ1v) is 9.39. The fraction of sp³-hybridized carbons (Fsp3) is 0.778. The Morgan fingerprint density at radius 2 is 2.21 bits per heavy atom. The van der Waals surface area contributed by atoms with Gasteiger partial charge in [-0.3, -0.25) is 14.6 Å². The van der Waals surface area contributed by atoms with E-state index in [1.807, 2.05) is 25.0 Å². The van der Waals surface area contributed by atoms with Crippen LogP contribution in [0, 0.1) is 0 Å². The minimum Gasteiger partial charge on any atom is -0.355 e. The van der Waals surface area contributed by atoms with Crippen LogP contribution >= 0.6 is 0 Å². The molecule has 2 aliphatic heterocycles. The molecule has 0 aliphatic carbocycles. The molecule has 0 saturated carbocycles. The summed E-state index contributed by atoms with van der Waals surface area (Å²) in [4.78, 5) is 9.53. The third-order valence-corrected chi connectivity index (χ3v) is 5.55. The maximum atomic E-state index is 4.53. The normalized spacial score (nSPS) is 26.1. The van der Waals surface area contributed by atoms with E-state index in [1.54, 1.807) is 0 Å². The second-order valence-corrected chi connectivity index (χ2v) is 7.09. The Kier molecular flexibility index (Phi) is 5.76. The molecule has 1 aromatic heterocycles. The average molecular weight is 332 g/mol. The maximum absolute atomic E-state index is 4.53. The molecule has 0 amide bonds. The number of aliphatic imine (C=N–C) groups is 1. The molecule has 0 aromatic carbocycles. The monoisotopic (exact) mass is 332 g/mol. The Morgan fingerprint density at radius 3 is 2.92 bits per heavy atom. The molecule has 6 nitrogen and oxygen atoms in total. The van der Waals surface area contributed by atoms with E-state index in [1.165, 1.54) is 37.8 Å². The van der Waals surface area contributed by atoms with E-state index in [2.05, 4.69) is 38.3 Å². The van der Waals surface area contributed by atoms with Crippen molar-refractivity contribution in [3.05, 3.63) is 18.0 Å². The molecule has 2 unspecified atom stereocenters. The molecule has 0 radical (unpaired) electrons. The summed E-state index contributed by atoms with van der Waals surface area (Å²) in [5.74, 6) is 1.63. The minimum atomic E-state index is 0.569. The van der Waals surface area contributed by atoms with Crippen molar-refractivity contribution in [3.8, 4) is 0 Å². The van der Waals surface area contributed by atoms with E-state index in [4.69, 9.17) is 0 Å². The van der Waals surface area contributed by atoms with Crippen LogP contribution in [0.15, 0.2) is 17.4 Å². The van der Waals surface area contributed by atoms with Gasteiger partial charge in [-0.1, -0.05) is 13.3 Å². The highest BCUT2D eigenvalue weighted by atomic mass is 15.3. The van der Waals surface area contributed by atoms with Gasteiger partial charge in [-0.2, -0.15) is 5.10 Å². The second kappa shape index (κ2) is 8.01. The number of nitrogens with zero attached hydrogens (tertiary/aromatic N) is 5. The van der Waals surface area contributed by atoms with Crippen LogP contribution in [-0.4, -0.2) is 71.4 Å². The van der Waals surface area contributed by atoms with Crippen LogP contribution in [0.2, 0.25) is 0 Å². The van der Waals surface area contributed by atoms with E-state index in [0.717, 1.165) is 32.1 Å². The maximum Gasteiger partial charge on any atom is 0.193 e. The number of likely N-dealkylation sites (N-methyl/N-ethyl adjacent to an activating group) is 1. The van der Waals surface area contributed by atoms with Crippen LogP contribution in [0.5, 0.6) is 0 Å². The lowest BCUT2D eigenvalue weighted by atomic mass is 10.0. The summed E-state index contributed by atoms with van der Waals surface area (Å²) in [5.41, 5.74) is 1.35. The van der Waals surface area contributed by atoms with Gasteiger partial charge in [0.05, 0.1) is 6.20 Å². The molecule has 6 heteroatoms. The minimum absolute atomic E-state index is 0.569. The van der Waals surface area contributed by atoms with Gasteiger partial charge >= 0.3 is 0 Å². The van der Waals surface area contributed by atoms with Crippen LogP contribution in [0.25, 0.3) is 0 Å². The Bertz CT molecular complexity index is 551. The largest absolute Gasteiger partial charge is 0.355 e. The number of likely N-dealkylation sites (tertiary alicyclic amines) is 2. The van der Waals surface area contributed by atoms with Gasteiger partial charge in [0.1, 0.15) is 0 Å². The molecule has 2 fully saturated rings. The van der Waals surface area contributed by atoms with Crippen molar-refractivity contribution >= 4 is 5.96 Å². The Labute approximate surface area is 145 Å². The fourth-order valence-electron chi connectivity index (χ4n) is 4.12. The zero-order valence-electron chi connectivity index (χ0n) is 15.4. The van der Waals surface area contributed by atoms with Crippen molar-refractivity contribution in [2.45, 2.75) is 44.6 Å². The molecule has 0 bridgehead atoms. The highest BCUT2D eigenvalue weighted by molar-refractivity contribution is 5.80. The average Bonchev–Trinajstić information content (AvgIpc) is 3.25. The van der Waals surface area contributed by atoms with Crippen LogP contribution in [0.4, 0.5) is 0 Å². The molecular formula is C18H32N6. The second-order valence-electron chi connectivity index (χ2n) is 7.09. The van der Waals surface area contributed by atoms with Crippen LogP contribution < -0.4 is 5.32 Å². The van der Waals surface area contributed by atoms with Crippen LogP contribution in [0.3, 0.4) is 0 Å². The summed E-state index contributed by atoms with van der Waals surface area (Å²) in [6.07, 6.45) is 9.33. The van der Waals surface area contributed by atoms with Gasteiger partial charge in [0.25, 0.3) is 0 Å². The summed E-state index contributed by atoms with van der Waals surface area (Å²) in [5, 5.41) is 7.95. The molecule has 0 spiro atoms. The number of hydrogen-bond acceptors (Lipinski definition) is 3. The number of nitrogens with one attached hydrogen (secondary N) is 1. The number of aromatic nitrogens is 2. The number of piperidine rings is 1. The highest BCUT2D eigenvalue weighted by Crippen LogP contribution is 2.26. The van der Waals surface area contributed by atoms with Gasteiger partial charge < -0.3 is 10.2 Å². The predicted octanol–water partition coefficient (Wildman–Crippen LogP) is 1.66. The molecular weight excluding hydrogens is 300 g/mol. The zero-order valence-corrected chi connectivity index (χ0v) is 15.4. The summed E-state index contributed by atoms with van der Waals surface area (Å²) >= 11 is 0. The molecule has 1 aromatic rings. The van der Waals surface area contributed by atoms with E-state index in [9.17, 15) is 0 Å². The predicted molar refractivity (Wildman–Crippen MR) is 98.4 cm³/mol. The van der Waals surface area contributed by atoms with Crippen molar-refractivity contribution in [1.29, 1.82) is 0 Å². The first kappa shape index (κ1) is 17.3. The number of hydrogen-bond donors (Lipinski definition) is 1. The quantitative estimate of drug-likeness (QED) is 0.673. The standard InChI is InChI=1S/C18H32N6/c1-4-23-9-6-5-7-17(23)12-20-18(19-2)24-10-8-15(14-24)16-11-21-22(3)13-16/h11,13,15,17H,4-10,12,14H2,1-3H3,(H,19,20). The fourth-order valence-corrected chi connectivity index (χ4v) is 4.12. The zero-order chi connectivity index (χ0) is 16.9. The van der Waals surface area contributed by atoms with E-state index in [-0.39, 0.29) is 0 Å². The van der Waals surface area contributed by atoms with Gasteiger partial charge in [-0.15, -0.1) is 0 Å². The van der Waals surface area contributed by atoms with Crippen molar-refractivity contribution in [1.82, 2.24) is 24.9 Å². The van der Waals surface area contributed by atoms with Gasteiger partial charge in [0, 0.05) is 51.9 Å². The molecule has 24 heavy (non-hydrogen) atoms. The molecule has 2 aliphatic rings. The number of rotatable bonds is 4. The van der Waals surface area contributed by atoms with Crippen molar-refractivity contribution in [3.63, 3.8) is 0 Å². The SMILES string of the molecule is CCN1CCCCC1CNC(=NC)N1CCC(c2cnn(C)c2)C1. The first-order chi connectivity index (χ1) is 11.7. The Balaban J connectivity index is 1.53. The van der Waals surface area contributed by atoms with E-state index < -0.39 is 0 Å². The third kappa shape index (κ3) is 3.91. The summed E-state index contributed by atoms with van der Waals surface area (Å²) in [6, 6.07) is 0.650. The summed E-state index contributed by atoms with van der Waals surface area (Å²) in [7, 11) is 3.89. The lowest BCUT2D eigenvalue weighted by molar-refractivity contribution is 0.157. The van der Waals surface area contributed by atoms with Gasteiger partial charge in [0.2, 0.25) is 0 Å². The molecule has 3 heterocycles. The molecule has 134 valence electrons. The lowest BCUT2D eigenvalue weighted by Crippen LogP contribution is -2.49. The van der Waals surface area contributed by atoms with E-state index in [0.29, 0.717) is 12.0 Å². The van der Waals surface area contributed by atoms with Gasteiger partial charge in [0.15, 0.2) is 5.96 Å². The third-order valence-electron chi connectivity index (χ3n) is 5.55. The van der Waals surface area contributed by atoms with Crippen LogP contribution in [-0.2, 0) is 7.05 Å². The molecule has 2 atom stereocenters. The smallest absolute Gasteiger partial charge is 0.193 e. The molecule has 2 saturated heterocycles. The Morgan fingerprint density at radius 1 is 1.33 bits per heavy atom. The number of aryl methyl sites for hydroxylation is 1. The lowest BCUT2D eigenvalue weighted by Gasteiger charge is -2.35. The molecule has 1 N–H and O–H groups in total. The molecule has 3 rings (SSSR count). The van der Waals surface area contributed by atoms with Crippen molar-refractivity contribution < 1.29 is 0 Å². The van der Waals surface area contributed by atoms with Gasteiger partial charge in [-0.05, 0) is 37.9 Å². The summed E-state index contributed by atoms with van der Waals surface area (Å²) < 4.78 is 1.90.